The third kappa shape index (κ3) is 3.57. The second-order valence-electron chi connectivity index (χ2n) is 2.66. The Balaban J connectivity index is 3.13. The minimum absolute atomic E-state index is 0.388. The highest BCUT2D eigenvalue weighted by atomic mass is 16.4. The van der Waals surface area contributed by atoms with Crippen molar-refractivity contribution in [1.82, 2.24) is 0 Å². The van der Waals surface area contributed by atoms with Crippen LogP contribution in [0.3, 0.4) is 0 Å². The van der Waals surface area contributed by atoms with Crippen molar-refractivity contribution in [3.63, 3.8) is 0 Å². The van der Waals surface area contributed by atoms with Crippen LogP contribution in [0.5, 0.6) is 0 Å². The maximum atomic E-state index is 10.2. The van der Waals surface area contributed by atoms with E-state index >= 15 is 0 Å². The standard InChI is InChI=1S/C12H6O4/c13-11(14)7-5-9-3-1-2-4-10(9)6-8-12(15)16/h1-4H,(H,13,14)(H,15,16). The smallest absolute Gasteiger partial charge is 0.382 e. The molecule has 0 saturated carbocycles. The molecule has 0 aromatic heterocycles. The van der Waals surface area contributed by atoms with Gasteiger partial charge in [-0.2, -0.15) is 0 Å². The van der Waals surface area contributed by atoms with Crippen LogP contribution in [0.4, 0.5) is 0 Å². The van der Waals surface area contributed by atoms with E-state index in [-0.39, 0.29) is 0 Å². The lowest BCUT2D eigenvalue weighted by Crippen LogP contribution is -1.90. The van der Waals surface area contributed by atoms with Gasteiger partial charge in [-0.25, -0.2) is 9.59 Å². The van der Waals surface area contributed by atoms with Crippen LogP contribution in [-0.2, 0) is 9.59 Å². The third-order valence-corrected chi connectivity index (χ3v) is 1.54. The van der Waals surface area contributed by atoms with E-state index in [0.717, 1.165) is 0 Å². The van der Waals surface area contributed by atoms with Crippen molar-refractivity contribution < 1.29 is 19.8 Å². The number of hydrogen-bond acceptors (Lipinski definition) is 2. The zero-order valence-electron chi connectivity index (χ0n) is 8.02. The van der Waals surface area contributed by atoms with Crippen LogP contribution in [-0.4, -0.2) is 22.2 Å². The summed E-state index contributed by atoms with van der Waals surface area (Å²) in [5, 5.41) is 16.8. The van der Waals surface area contributed by atoms with Crippen LogP contribution in [0.1, 0.15) is 11.1 Å². The Hall–Kier alpha value is -2.72. The molecular formula is C12H6O4. The van der Waals surface area contributed by atoms with Gasteiger partial charge in [0.1, 0.15) is 0 Å². The molecular weight excluding hydrogens is 208 g/mol. The van der Waals surface area contributed by atoms with Gasteiger partial charge in [-0.05, 0) is 12.1 Å². The van der Waals surface area contributed by atoms with Gasteiger partial charge in [0, 0.05) is 23.0 Å². The minimum atomic E-state index is -1.25. The lowest BCUT2D eigenvalue weighted by Gasteiger charge is -1.93. The molecule has 0 bridgehead atoms. The van der Waals surface area contributed by atoms with Gasteiger partial charge in [0.2, 0.25) is 0 Å². The Morgan fingerprint density at radius 1 is 0.875 bits per heavy atom. The molecule has 0 unspecified atom stereocenters. The quantitative estimate of drug-likeness (QED) is 0.619. The van der Waals surface area contributed by atoms with E-state index in [4.69, 9.17) is 10.2 Å². The molecule has 0 atom stereocenters. The summed E-state index contributed by atoms with van der Waals surface area (Å²) in [7, 11) is 0. The summed E-state index contributed by atoms with van der Waals surface area (Å²) in [5.41, 5.74) is 0.775. The van der Waals surface area contributed by atoms with Gasteiger partial charge in [0.05, 0.1) is 0 Å². The summed E-state index contributed by atoms with van der Waals surface area (Å²) < 4.78 is 0. The molecule has 0 amide bonds. The molecule has 0 heterocycles. The molecule has 0 aliphatic heterocycles. The van der Waals surface area contributed by atoms with Crippen LogP contribution in [0, 0.1) is 23.7 Å². The number of hydrogen-bond donors (Lipinski definition) is 2. The van der Waals surface area contributed by atoms with E-state index in [1.54, 1.807) is 24.3 Å². The van der Waals surface area contributed by atoms with E-state index in [1.165, 1.54) is 0 Å². The topological polar surface area (TPSA) is 74.6 Å². The highest BCUT2D eigenvalue weighted by Crippen LogP contribution is 2.05. The van der Waals surface area contributed by atoms with Gasteiger partial charge >= 0.3 is 11.9 Å². The zero-order chi connectivity index (χ0) is 12.0. The predicted molar refractivity (Wildman–Crippen MR) is 55.5 cm³/mol. The number of carboxylic acids is 2. The van der Waals surface area contributed by atoms with E-state index in [1.807, 2.05) is 11.8 Å². The van der Waals surface area contributed by atoms with Crippen molar-refractivity contribution in [2.75, 3.05) is 0 Å². The Morgan fingerprint density at radius 2 is 1.25 bits per heavy atom. The Labute approximate surface area is 91.5 Å². The molecule has 1 aromatic carbocycles. The monoisotopic (exact) mass is 214 g/mol. The minimum Gasteiger partial charge on any atom is -0.472 e. The molecule has 0 fully saturated rings. The zero-order valence-corrected chi connectivity index (χ0v) is 8.02. The first kappa shape index (κ1) is 11.4. The van der Waals surface area contributed by atoms with Crippen molar-refractivity contribution in [3.05, 3.63) is 35.4 Å². The van der Waals surface area contributed by atoms with Crippen molar-refractivity contribution in [1.29, 1.82) is 0 Å². The first-order chi connectivity index (χ1) is 7.59. The van der Waals surface area contributed by atoms with Gasteiger partial charge in [0.15, 0.2) is 0 Å². The molecule has 1 aromatic rings. The number of aliphatic carboxylic acids is 2. The fourth-order valence-corrected chi connectivity index (χ4v) is 0.943. The van der Waals surface area contributed by atoms with Crippen molar-refractivity contribution in [2.45, 2.75) is 0 Å². The van der Waals surface area contributed by atoms with Crippen LogP contribution in [0.15, 0.2) is 24.3 Å². The second-order valence-corrected chi connectivity index (χ2v) is 2.66. The van der Waals surface area contributed by atoms with Crippen LogP contribution >= 0.6 is 0 Å². The van der Waals surface area contributed by atoms with E-state index < -0.39 is 11.9 Å². The molecule has 16 heavy (non-hydrogen) atoms. The predicted octanol–water partition coefficient (Wildman–Crippen LogP) is 0.559. The average molecular weight is 214 g/mol. The molecule has 0 aliphatic carbocycles. The van der Waals surface area contributed by atoms with E-state index in [9.17, 15) is 9.59 Å². The lowest BCUT2D eigenvalue weighted by molar-refractivity contribution is -0.131. The maximum absolute atomic E-state index is 10.2. The van der Waals surface area contributed by atoms with Gasteiger partial charge in [-0.3, -0.25) is 0 Å². The number of carboxylic acid groups (broad SMARTS) is 2. The van der Waals surface area contributed by atoms with Gasteiger partial charge in [-0.1, -0.05) is 24.0 Å². The molecule has 1 rings (SSSR count). The summed E-state index contributed by atoms with van der Waals surface area (Å²) in [6, 6.07) is 6.47. The second kappa shape index (κ2) is 5.23. The normalized spacial score (nSPS) is 8.00. The van der Waals surface area contributed by atoms with Gasteiger partial charge in [0.25, 0.3) is 0 Å². The van der Waals surface area contributed by atoms with E-state index in [0.29, 0.717) is 11.1 Å². The number of carbonyl (C=O) groups is 2. The highest BCUT2D eigenvalue weighted by Gasteiger charge is 1.96. The van der Waals surface area contributed by atoms with Crippen LogP contribution < -0.4 is 0 Å². The van der Waals surface area contributed by atoms with Gasteiger partial charge < -0.3 is 10.2 Å². The molecule has 0 spiro atoms. The average Bonchev–Trinajstić information content (AvgIpc) is 2.24. The summed E-state index contributed by atoms with van der Waals surface area (Å²) in [5.74, 6) is 6.17. The summed E-state index contributed by atoms with van der Waals surface area (Å²) >= 11 is 0. The summed E-state index contributed by atoms with van der Waals surface area (Å²) in [4.78, 5) is 20.5. The third-order valence-electron chi connectivity index (χ3n) is 1.54. The fourth-order valence-electron chi connectivity index (χ4n) is 0.943. The Bertz CT molecular complexity index is 499. The van der Waals surface area contributed by atoms with Crippen molar-refractivity contribution >= 4 is 11.9 Å². The molecule has 0 radical (unpaired) electrons. The first-order valence-corrected chi connectivity index (χ1v) is 4.18. The number of benzene rings is 1. The molecule has 0 aliphatic rings. The summed E-state index contributed by atoms with van der Waals surface area (Å²) in [6.45, 7) is 0. The SMILES string of the molecule is O=C(O)C#Cc1ccccc1C#CC(=O)O. The molecule has 2 N–H and O–H groups in total. The molecule has 4 heteroatoms. The summed E-state index contributed by atoms with van der Waals surface area (Å²) in [6.07, 6.45) is 0. The largest absolute Gasteiger partial charge is 0.472 e. The molecule has 78 valence electrons. The lowest BCUT2D eigenvalue weighted by atomic mass is 10.1. The fraction of sp³-hybridized carbons (Fsp3) is 0. The van der Waals surface area contributed by atoms with Crippen molar-refractivity contribution in [3.8, 4) is 23.7 Å². The van der Waals surface area contributed by atoms with Crippen LogP contribution in [0.25, 0.3) is 0 Å². The number of rotatable bonds is 0. The maximum Gasteiger partial charge on any atom is 0.382 e. The highest BCUT2D eigenvalue weighted by molar-refractivity contribution is 5.88. The Morgan fingerprint density at radius 3 is 1.56 bits per heavy atom. The molecule has 4 nitrogen and oxygen atoms in total. The Kier molecular flexibility index (Phi) is 3.71. The van der Waals surface area contributed by atoms with Gasteiger partial charge in [-0.15, -0.1) is 0 Å². The van der Waals surface area contributed by atoms with Crippen LogP contribution in [0.2, 0.25) is 0 Å². The molecule has 0 saturated heterocycles. The van der Waals surface area contributed by atoms with Crippen molar-refractivity contribution in [2.24, 2.45) is 0 Å². The van der Waals surface area contributed by atoms with E-state index in [2.05, 4.69) is 11.8 Å². The first-order valence-electron chi connectivity index (χ1n) is 4.18.